The molecule has 1 aromatic rings. The van der Waals surface area contributed by atoms with E-state index in [2.05, 4.69) is 4.98 Å². The zero-order chi connectivity index (χ0) is 11.6. The van der Waals surface area contributed by atoms with Gasteiger partial charge in [0, 0.05) is 31.4 Å². The van der Waals surface area contributed by atoms with Gasteiger partial charge in [0.2, 0.25) is 0 Å². The molecule has 1 aliphatic rings. The molecule has 0 spiro atoms. The highest BCUT2D eigenvalue weighted by Crippen LogP contribution is 2.33. The van der Waals surface area contributed by atoms with Gasteiger partial charge in [0.1, 0.15) is 11.5 Å². The molecule has 3 nitrogen and oxygen atoms in total. The van der Waals surface area contributed by atoms with Crippen LogP contribution in [0, 0.1) is 0 Å². The fourth-order valence-corrected chi connectivity index (χ4v) is 2.59. The third kappa shape index (κ3) is 2.43. The molecule has 90 valence electrons. The summed E-state index contributed by atoms with van der Waals surface area (Å²) in [5.74, 6) is 0.846. The monoisotopic (exact) mass is 225 g/mol. The lowest BCUT2D eigenvalue weighted by molar-refractivity contribution is 0.0932. The number of nitrogens with two attached hydrogens (primary N) is 1. The van der Waals surface area contributed by atoms with Crippen LogP contribution in [0.25, 0.3) is 0 Å². The van der Waals surface area contributed by atoms with Gasteiger partial charge in [0.05, 0.1) is 0 Å². The third-order valence-corrected chi connectivity index (χ3v) is 3.45. The molecule has 4 heteroatoms. The molecule has 1 aromatic heterocycles. The second-order valence-electron chi connectivity index (χ2n) is 4.81. The van der Waals surface area contributed by atoms with Crippen LogP contribution in [0.2, 0.25) is 0 Å². The van der Waals surface area contributed by atoms with Crippen molar-refractivity contribution in [3.63, 3.8) is 0 Å². The molecular formula is C12H20FN3. The predicted octanol–water partition coefficient (Wildman–Crippen LogP) is 2.06. The summed E-state index contributed by atoms with van der Waals surface area (Å²) in [5, 5.41) is 0. The molecule has 0 saturated heterocycles. The van der Waals surface area contributed by atoms with Crippen LogP contribution in [0.15, 0.2) is 12.4 Å². The number of hydrogen-bond acceptors (Lipinski definition) is 2. The average Bonchev–Trinajstić information content (AvgIpc) is 2.63. The Morgan fingerprint density at radius 1 is 1.69 bits per heavy atom. The molecule has 0 aromatic carbocycles. The van der Waals surface area contributed by atoms with E-state index >= 15 is 0 Å². The van der Waals surface area contributed by atoms with E-state index in [1.165, 1.54) is 0 Å². The first-order valence-electron chi connectivity index (χ1n) is 6.07. The molecule has 2 atom stereocenters. The van der Waals surface area contributed by atoms with Crippen LogP contribution in [-0.4, -0.2) is 21.3 Å². The van der Waals surface area contributed by atoms with Gasteiger partial charge in [-0.25, -0.2) is 9.37 Å². The Kier molecular flexibility index (Phi) is 3.28. The van der Waals surface area contributed by atoms with Crippen molar-refractivity contribution < 1.29 is 4.39 Å². The maximum atomic E-state index is 14.6. The first kappa shape index (κ1) is 11.6. The van der Waals surface area contributed by atoms with Gasteiger partial charge in [-0.2, -0.15) is 0 Å². The number of rotatable bonds is 3. The number of nitrogens with zero attached hydrogens (tertiary/aromatic N) is 2. The molecule has 2 unspecified atom stereocenters. The van der Waals surface area contributed by atoms with Crippen LogP contribution in [0.3, 0.4) is 0 Å². The summed E-state index contributed by atoms with van der Waals surface area (Å²) in [4.78, 5) is 4.23. The molecule has 0 aliphatic heterocycles. The molecule has 1 saturated carbocycles. The lowest BCUT2D eigenvalue weighted by atomic mass is 9.81. The summed E-state index contributed by atoms with van der Waals surface area (Å²) >= 11 is 0. The average molecular weight is 225 g/mol. The van der Waals surface area contributed by atoms with Crippen molar-refractivity contribution in [2.75, 3.05) is 0 Å². The lowest BCUT2D eigenvalue weighted by Gasteiger charge is -2.32. The first-order chi connectivity index (χ1) is 7.63. The lowest BCUT2D eigenvalue weighted by Crippen LogP contribution is -2.40. The van der Waals surface area contributed by atoms with Gasteiger partial charge in [-0.3, -0.25) is 0 Å². The Balaban J connectivity index is 2.08. The van der Waals surface area contributed by atoms with Crippen molar-refractivity contribution in [3.05, 3.63) is 18.2 Å². The number of imidazole rings is 1. The van der Waals surface area contributed by atoms with Crippen molar-refractivity contribution >= 4 is 0 Å². The third-order valence-electron chi connectivity index (χ3n) is 3.45. The van der Waals surface area contributed by atoms with E-state index in [1.54, 1.807) is 6.20 Å². The zero-order valence-corrected chi connectivity index (χ0v) is 9.82. The second-order valence-corrected chi connectivity index (χ2v) is 4.81. The Morgan fingerprint density at radius 2 is 2.50 bits per heavy atom. The van der Waals surface area contributed by atoms with E-state index in [1.807, 2.05) is 17.7 Å². The predicted molar refractivity (Wildman–Crippen MR) is 61.9 cm³/mol. The minimum Gasteiger partial charge on any atom is -0.335 e. The summed E-state index contributed by atoms with van der Waals surface area (Å²) in [6.07, 6.45) is 6.99. The van der Waals surface area contributed by atoms with Crippen LogP contribution in [-0.2, 0) is 13.0 Å². The summed E-state index contributed by atoms with van der Waals surface area (Å²) < 4.78 is 16.6. The topological polar surface area (TPSA) is 43.8 Å². The van der Waals surface area contributed by atoms with Crippen LogP contribution < -0.4 is 5.73 Å². The summed E-state index contributed by atoms with van der Waals surface area (Å²) in [6, 6.07) is 0.0174. The normalized spacial score (nSPS) is 30.6. The maximum absolute atomic E-state index is 14.6. The minimum atomic E-state index is -1.14. The Hall–Kier alpha value is -0.900. The number of aryl methyl sites for hydroxylation is 1. The van der Waals surface area contributed by atoms with Gasteiger partial charge >= 0.3 is 0 Å². The molecule has 16 heavy (non-hydrogen) atoms. The van der Waals surface area contributed by atoms with Crippen LogP contribution in [0.4, 0.5) is 4.39 Å². The van der Waals surface area contributed by atoms with E-state index in [0.717, 1.165) is 25.2 Å². The van der Waals surface area contributed by atoms with Gasteiger partial charge in [-0.05, 0) is 32.6 Å². The molecule has 2 N–H and O–H groups in total. The minimum absolute atomic E-state index is 0.0174. The molecule has 0 amide bonds. The highest BCUT2D eigenvalue weighted by atomic mass is 19.1. The van der Waals surface area contributed by atoms with E-state index in [9.17, 15) is 4.39 Å². The Labute approximate surface area is 95.9 Å². The van der Waals surface area contributed by atoms with E-state index in [0.29, 0.717) is 19.3 Å². The van der Waals surface area contributed by atoms with Crippen molar-refractivity contribution in [2.24, 2.45) is 5.73 Å². The first-order valence-corrected chi connectivity index (χ1v) is 6.07. The van der Waals surface area contributed by atoms with Gasteiger partial charge in [0.15, 0.2) is 0 Å². The Bertz CT molecular complexity index is 350. The molecule has 2 rings (SSSR count). The van der Waals surface area contributed by atoms with Gasteiger partial charge in [-0.15, -0.1) is 0 Å². The number of alkyl halides is 1. The largest absolute Gasteiger partial charge is 0.335 e. The maximum Gasteiger partial charge on any atom is 0.119 e. The van der Waals surface area contributed by atoms with E-state index in [-0.39, 0.29) is 6.04 Å². The second kappa shape index (κ2) is 4.53. The van der Waals surface area contributed by atoms with Crippen molar-refractivity contribution in [2.45, 2.75) is 57.3 Å². The molecule has 1 heterocycles. The van der Waals surface area contributed by atoms with Crippen LogP contribution >= 0.6 is 0 Å². The fraction of sp³-hybridized carbons (Fsp3) is 0.750. The summed E-state index contributed by atoms with van der Waals surface area (Å²) in [7, 11) is 0. The van der Waals surface area contributed by atoms with Crippen molar-refractivity contribution in [1.82, 2.24) is 9.55 Å². The fourth-order valence-electron chi connectivity index (χ4n) is 2.59. The molecule has 0 bridgehead atoms. The molecule has 1 fully saturated rings. The standard InChI is InChI=1S/C12H20FN3/c1-2-16-7-6-15-11(16)9-12(13)5-3-4-10(14)8-12/h6-7,10H,2-5,8-9,14H2,1H3. The smallest absolute Gasteiger partial charge is 0.119 e. The summed E-state index contributed by atoms with van der Waals surface area (Å²) in [5.41, 5.74) is 4.70. The summed E-state index contributed by atoms with van der Waals surface area (Å²) in [6.45, 7) is 2.89. The van der Waals surface area contributed by atoms with Gasteiger partial charge < -0.3 is 10.3 Å². The highest BCUT2D eigenvalue weighted by Gasteiger charge is 2.36. The van der Waals surface area contributed by atoms with Crippen molar-refractivity contribution in [1.29, 1.82) is 0 Å². The van der Waals surface area contributed by atoms with E-state index in [4.69, 9.17) is 5.73 Å². The van der Waals surface area contributed by atoms with Gasteiger partial charge in [-0.1, -0.05) is 0 Å². The van der Waals surface area contributed by atoms with Gasteiger partial charge in [0.25, 0.3) is 0 Å². The van der Waals surface area contributed by atoms with Crippen LogP contribution in [0.5, 0.6) is 0 Å². The van der Waals surface area contributed by atoms with E-state index < -0.39 is 5.67 Å². The molecular weight excluding hydrogens is 205 g/mol. The van der Waals surface area contributed by atoms with Crippen molar-refractivity contribution in [3.8, 4) is 0 Å². The zero-order valence-electron chi connectivity index (χ0n) is 9.82. The number of halogens is 1. The molecule has 1 aliphatic carbocycles. The Morgan fingerprint density at radius 3 is 3.19 bits per heavy atom. The number of hydrogen-bond donors (Lipinski definition) is 1. The van der Waals surface area contributed by atoms with Crippen LogP contribution in [0.1, 0.15) is 38.4 Å². The highest BCUT2D eigenvalue weighted by molar-refractivity contribution is 5.01. The quantitative estimate of drug-likeness (QED) is 0.855. The SMILES string of the molecule is CCn1ccnc1CC1(F)CCCC(N)C1. The number of aromatic nitrogens is 2. The molecule has 0 radical (unpaired) electrons.